The van der Waals surface area contributed by atoms with Gasteiger partial charge in [-0.3, -0.25) is 0 Å². The highest BCUT2D eigenvalue weighted by Crippen LogP contribution is 2.35. The Labute approximate surface area is 106 Å². The number of hydrogen-bond donors (Lipinski definition) is 1. The third-order valence-corrected chi connectivity index (χ3v) is 3.98. The Kier molecular flexibility index (Phi) is 3.88. The van der Waals surface area contributed by atoms with Crippen LogP contribution in [0.4, 0.5) is 0 Å². The third-order valence-electron chi connectivity index (χ3n) is 3.98. The highest BCUT2D eigenvalue weighted by Gasteiger charge is 2.24. The van der Waals surface area contributed by atoms with E-state index in [9.17, 15) is 0 Å². The van der Waals surface area contributed by atoms with E-state index in [4.69, 9.17) is 0 Å². The maximum atomic E-state index is 3.35. The first-order valence-electron chi connectivity index (χ1n) is 6.89. The summed E-state index contributed by atoms with van der Waals surface area (Å²) in [6.07, 6.45) is 2.59. The topological polar surface area (TPSA) is 12.0 Å². The second-order valence-corrected chi connectivity index (χ2v) is 5.91. The maximum absolute atomic E-state index is 3.35. The Bertz CT molecular complexity index is 381. The second-order valence-electron chi connectivity index (χ2n) is 5.91. The van der Waals surface area contributed by atoms with Crippen LogP contribution in [0.25, 0.3) is 0 Å². The Hall–Kier alpha value is -0.820. The average Bonchev–Trinajstić information content (AvgIpc) is 2.28. The summed E-state index contributed by atoms with van der Waals surface area (Å²) < 4.78 is 0. The highest BCUT2D eigenvalue weighted by atomic mass is 14.8. The van der Waals surface area contributed by atoms with E-state index >= 15 is 0 Å². The first kappa shape index (κ1) is 12.6. The quantitative estimate of drug-likeness (QED) is 0.836. The van der Waals surface area contributed by atoms with Crippen molar-refractivity contribution in [2.75, 3.05) is 13.6 Å². The van der Waals surface area contributed by atoms with Gasteiger partial charge in [0.15, 0.2) is 0 Å². The Balaban J connectivity index is 2.35. The van der Waals surface area contributed by atoms with Gasteiger partial charge in [-0.05, 0) is 54.3 Å². The number of rotatable bonds is 3. The zero-order valence-electron chi connectivity index (χ0n) is 11.6. The summed E-state index contributed by atoms with van der Waals surface area (Å²) in [4.78, 5) is 0. The molecular formula is C16H25N. The van der Waals surface area contributed by atoms with Crippen molar-refractivity contribution < 1.29 is 0 Å². The van der Waals surface area contributed by atoms with Crippen LogP contribution in [0.1, 0.15) is 55.7 Å². The van der Waals surface area contributed by atoms with Crippen molar-refractivity contribution in [2.45, 2.75) is 45.4 Å². The number of hydrogen-bond acceptors (Lipinski definition) is 1. The van der Waals surface area contributed by atoms with E-state index in [-0.39, 0.29) is 0 Å². The molecule has 2 unspecified atom stereocenters. The molecule has 2 atom stereocenters. The Morgan fingerprint density at radius 1 is 1.35 bits per heavy atom. The number of likely N-dealkylation sites (N-methyl/N-ethyl adjacent to an activating group) is 1. The molecule has 1 nitrogen and oxygen atoms in total. The van der Waals surface area contributed by atoms with E-state index in [0.717, 1.165) is 12.5 Å². The summed E-state index contributed by atoms with van der Waals surface area (Å²) in [5.74, 6) is 2.16. The first-order chi connectivity index (χ1) is 8.11. The number of fused-ring (bicyclic) bond motifs is 1. The predicted octanol–water partition coefficient (Wildman–Crippen LogP) is 3.70. The summed E-state index contributed by atoms with van der Waals surface area (Å²) in [7, 11) is 2.06. The lowest BCUT2D eigenvalue weighted by atomic mass is 9.76. The zero-order chi connectivity index (χ0) is 12.4. The molecule has 94 valence electrons. The molecule has 17 heavy (non-hydrogen) atoms. The summed E-state index contributed by atoms with van der Waals surface area (Å²) in [6.45, 7) is 8.04. The molecule has 1 aromatic rings. The van der Waals surface area contributed by atoms with E-state index in [2.05, 4.69) is 51.3 Å². The molecular weight excluding hydrogens is 206 g/mol. The molecule has 0 bridgehead atoms. The molecule has 1 aliphatic carbocycles. The van der Waals surface area contributed by atoms with E-state index in [1.807, 2.05) is 0 Å². The van der Waals surface area contributed by atoms with Gasteiger partial charge in [0.05, 0.1) is 0 Å². The normalized spacial score (nSPS) is 23.8. The highest BCUT2D eigenvalue weighted by molar-refractivity contribution is 5.38. The van der Waals surface area contributed by atoms with Crippen molar-refractivity contribution in [1.29, 1.82) is 0 Å². The molecule has 1 aromatic carbocycles. The van der Waals surface area contributed by atoms with Crippen LogP contribution in [-0.2, 0) is 6.42 Å². The summed E-state index contributed by atoms with van der Waals surface area (Å²) in [5.41, 5.74) is 4.66. The van der Waals surface area contributed by atoms with E-state index < -0.39 is 0 Å². The monoisotopic (exact) mass is 231 g/mol. The van der Waals surface area contributed by atoms with Crippen molar-refractivity contribution in [2.24, 2.45) is 5.92 Å². The van der Waals surface area contributed by atoms with E-state index in [1.165, 1.54) is 18.4 Å². The molecule has 1 heteroatoms. The molecule has 0 radical (unpaired) electrons. The van der Waals surface area contributed by atoms with Gasteiger partial charge in [0, 0.05) is 6.54 Å². The molecule has 0 aliphatic heterocycles. The molecule has 0 aromatic heterocycles. The molecule has 1 N–H and O–H groups in total. The van der Waals surface area contributed by atoms with Gasteiger partial charge >= 0.3 is 0 Å². The van der Waals surface area contributed by atoms with Crippen LogP contribution in [0.2, 0.25) is 0 Å². The van der Waals surface area contributed by atoms with Gasteiger partial charge in [0.1, 0.15) is 0 Å². The lowest BCUT2D eigenvalue weighted by Gasteiger charge is -2.30. The van der Waals surface area contributed by atoms with Crippen LogP contribution in [0.5, 0.6) is 0 Å². The third kappa shape index (κ3) is 2.71. The lowest BCUT2D eigenvalue weighted by Crippen LogP contribution is -2.25. The minimum atomic E-state index is 0.634. The molecule has 0 saturated heterocycles. The van der Waals surface area contributed by atoms with Crippen molar-refractivity contribution >= 4 is 0 Å². The fourth-order valence-corrected chi connectivity index (χ4v) is 3.05. The number of nitrogens with one attached hydrogen (secondary N) is 1. The van der Waals surface area contributed by atoms with Gasteiger partial charge in [-0.15, -0.1) is 0 Å². The molecule has 1 aliphatic rings. The van der Waals surface area contributed by atoms with Crippen molar-refractivity contribution in [3.05, 3.63) is 34.9 Å². The summed E-state index contributed by atoms with van der Waals surface area (Å²) in [6, 6.07) is 7.13. The van der Waals surface area contributed by atoms with Crippen molar-refractivity contribution in [3.8, 4) is 0 Å². The fraction of sp³-hybridized carbons (Fsp3) is 0.625. The van der Waals surface area contributed by atoms with Crippen molar-refractivity contribution in [3.63, 3.8) is 0 Å². The molecule has 2 rings (SSSR count). The molecule has 0 spiro atoms. The van der Waals surface area contributed by atoms with Crippen LogP contribution in [0.3, 0.4) is 0 Å². The second kappa shape index (κ2) is 5.22. The lowest BCUT2D eigenvalue weighted by molar-refractivity contribution is 0.422. The zero-order valence-corrected chi connectivity index (χ0v) is 11.6. The van der Waals surface area contributed by atoms with Gasteiger partial charge in [-0.25, -0.2) is 0 Å². The fourth-order valence-electron chi connectivity index (χ4n) is 3.05. The van der Waals surface area contributed by atoms with Gasteiger partial charge < -0.3 is 5.32 Å². The van der Waals surface area contributed by atoms with Crippen LogP contribution in [0.15, 0.2) is 18.2 Å². The molecule has 0 heterocycles. The van der Waals surface area contributed by atoms with Crippen LogP contribution in [-0.4, -0.2) is 13.6 Å². The van der Waals surface area contributed by atoms with Gasteiger partial charge in [0.2, 0.25) is 0 Å². The smallest absolute Gasteiger partial charge is 0.00173 e. The van der Waals surface area contributed by atoms with Crippen LogP contribution in [0, 0.1) is 5.92 Å². The van der Waals surface area contributed by atoms with Gasteiger partial charge in [-0.1, -0.05) is 39.0 Å². The molecule has 0 fully saturated rings. The van der Waals surface area contributed by atoms with E-state index in [1.54, 1.807) is 11.1 Å². The molecule has 0 saturated carbocycles. The predicted molar refractivity (Wildman–Crippen MR) is 74.7 cm³/mol. The largest absolute Gasteiger partial charge is 0.319 e. The van der Waals surface area contributed by atoms with Crippen LogP contribution < -0.4 is 5.32 Å². The van der Waals surface area contributed by atoms with Gasteiger partial charge in [0.25, 0.3) is 0 Å². The Morgan fingerprint density at radius 2 is 2.12 bits per heavy atom. The standard InChI is InChI=1S/C16H25N/c1-11(2)13-5-6-14-7-12(3)8-15(10-17-4)16(14)9-13/h5-6,9,11-12,15,17H,7-8,10H2,1-4H3. The number of benzene rings is 1. The minimum Gasteiger partial charge on any atom is -0.319 e. The SMILES string of the molecule is CNCC1CC(C)Cc2ccc(C(C)C)cc21. The average molecular weight is 231 g/mol. The van der Waals surface area contributed by atoms with Gasteiger partial charge in [-0.2, -0.15) is 0 Å². The molecule has 0 amide bonds. The van der Waals surface area contributed by atoms with E-state index in [0.29, 0.717) is 11.8 Å². The summed E-state index contributed by atoms with van der Waals surface area (Å²) in [5, 5.41) is 3.35. The first-order valence-corrected chi connectivity index (χ1v) is 6.89. The minimum absolute atomic E-state index is 0.634. The maximum Gasteiger partial charge on any atom is 0.00173 e. The van der Waals surface area contributed by atoms with Crippen molar-refractivity contribution in [1.82, 2.24) is 5.32 Å². The Morgan fingerprint density at radius 3 is 2.76 bits per heavy atom. The van der Waals surface area contributed by atoms with Crippen LogP contribution >= 0.6 is 0 Å². The summed E-state index contributed by atoms with van der Waals surface area (Å²) >= 11 is 0.